The van der Waals surface area contributed by atoms with Crippen LogP contribution in [0.5, 0.6) is 5.75 Å². The van der Waals surface area contributed by atoms with E-state index in [2.05, 4.69) is 15.3 Å². The molecule has 1 aromatic heterocycles. The summed E-state index contributed by atoms with van der Waals surface area (Å²) in [6.07, 6.45) is 0.272. The molecule has 2 N–H and O–H groups in total. The minimum atomic E-state index is -1.13. The Morgan fingerprint density at radius 3 is 2.82 bits per heavy atom. The predicted octanol–water partition coefficient (Wildman–Crippen LogP) is 2.37. The van der Waals surface area contributed by atoms with Crippen LogP contribution >= 0.6 is 0 Å². The molecule has 22 heavy (non-hydrogen) atoms. The first-order valence-corrected chi connectivity index (χ1v) is 6.82. The Balaban J connectivity index is 2.05. The third-order valence-corrected chi connectivity index (χ3v) is 2.77. The van der Waals surface area contributed by atoms with Crippen molar-refractivity contribution in [3.05, 3.63) is 47.7 Å². The van der Waals surface area contributed by atoms with Gasteiger partial charge in [-0.05, 0) is 19.1 Å². The van der Waals surface area contributed by atoms with Crippen LogP contribution in [0, 0.1) is 5.82 Å². The number of hydrogen-bond donors (Lipinski definition) is 2. The third kappa shape index (κ3) is 4.15. The first kappa shape index (κ1) is 15.7. The van der Waals surface area contributed by atoms with Crippen molar-refractivity contribution in [3.8, 4) is 5.75 Å². The van der Waals surface area contributed by atoms with Crippen molar-refractivity contribution in [2.45, 2.75) is 13.3 Å². The number of aromatic nitrogens is 2. The largest absolute Gasteiger partial charge is 0.490 e. The quantitative estimate of drug-likeness (QED) is 0.817. The lowest BCUT2D eigenvalue weighted by Crippen LogP contribution is -2.12. The van der Waals surface area contributed by atoms with Crippen LogP contribution in [-0.4, -0.2) is 34.2 Å². The van der Waals surface area contributed by atoms with E-state index >= 15 is 0 Å². The van der Waals surface area contributed by atoms with Crippen LogP contribution in [0.3, 0.4) is 0 Å². The summed E-state index contributed by atoms with van der Waals surface area (Å²) in [6, 6.07) is 7.44. The molecule has 0 bridgehead atoms. The van der Waals surface area contributed by atoms with Crippen LogP contribution in [0.15, 0.2) is 30.3 Å². The fourth-order valence-corrected chi connectivity index (χ4v) is 1.80. The molecule has 0 amide bonds. The van der Waals surface area contributed by atoms with Gasteiger partial charge in [0.2, 0.25) is 0 Å². The number of ether oxygens (including phenoxy) is 1. The third-order valence-electron chi connectivity index (χ3n) is 2.77. The molecule has 116 valence electrons. The second-order valence-electron chi connectivity index (χ2n) is 4.42. The maximum Gasteiger partial charge on any atom is 0.354 e. The highest BCUT2D eigenvalue weighted by Gasteiger charge is 2.10. The molecule has 1 heterocycles. The van der Waals surface area contributed by atoms with Gasteiger partial charge in [0.15, 0.2) is 17.3 Å². The number of carboxylic acid groups (broad SMARTS) is 1. The number of halogens is 1. The number of hydrogen-bond acceptors (Lipinski definition) is 5. The molecule has 0 unspecified atom stereocenters. The molecule has 0 radical (unpaired) electrons. The number of rotatable bonds is 7. The van der Waals surface area contributed by atoms with Crippen LogP contribution in [0.25, 0.3) is 0 Å². The number of nitrogens with zero attached hydrogens (tertiary/aromatic N) is 2. The smallest absolute Gasteiger partial charge is 0.354 e. The van der Waals surface area contributed by atoms with Crippen LogP contribution in [0.1, 0.15) is 23.2 Å². The molecular formula is C15H16FN3O3. The topological polar surface area (TPSA) is 84.3 Å². The Hall–Kier alpha value is -2.70. The fraction of sp³-hybridized carbons (Fsp3) is 0.267. The average molecular weight is 305 g/mol. The summed E-state index contributed by atoms with van der Waals surface area (Å²) in [5, 5.41) is 12.0. The molecule has 0 aliphatic carbocycles. The SMILES string of the molecule is CCNc1cc(C(=O)O)nc(CCOc2ccccc2F)n1. The Morgan fingerprint density at radius 2 is 2.14 bits per heavy atom. The van der Waals surface area contributed by atoms with Crippen molar-refractivity contribution in [3.63, 3.8) is 0 Å². The van der Waals surface area contributed by atoms with E-state index in [0.29, 0.717) is 18.2 Å². The van der Waals surface area contributed by atoms with Gasteiger partial charge < -0.3 is 15.2 Å². The zero-order chi connectivity index (χ0) is 15.9. The lowest BCUT2D eigenvalue weighted by molar-refractivity contribution is 0.0690. The minimum absolute atomic E-state index is 0.0909. The Kier molecular flexibility index (Phi) is 5.24. The number of aromatic carboxylic acids is 1. The number of para-hydroxylation sites is 1. The standard InChI is InChI=1S/C15H16FN3O3/c1-2-17-14-9-11(15(20)21)18-13(19-14)7-8-22-12-6-4-3-5-10(12)16/h3-6,9H,2,7-8H2,1H3,(H,20,21)(H,17,18,19). The van der Waals surface area contributed by atoms with Crippen molar-refractivity contribution in [2.75, 3.05) is 18.5 Å². The number of carbonyl (C=O) groups is 1. The van der Waals surface area contributed by atoms with Crippen molar-refractivity contribution in [1.82, 2.24) is 9.97 Å². The van der Waals surface area contributed by atoms with E-state index in [9.17, 15) is 9.18 Å². The molecule has 0 fully saturated rings. The maximum absolute atomic E-state index is 13.4. The zero-order valence-electron chi connectivity index (χ0n) is 12.0. The molecule has 0 aliphatic rings. The lowest BCUT2D eigenvalue weighted by Gasteiger charge is -2.08. The van der Waals surface area contributed by atoms with E-state index in [0.717, 1.165) is 0 Å². The first-order chi connectivity index (χ1) is 10.6. The summed E-state index contributed by atoms with van der Waals surface area (Å²) >= 11 is 0. The van der Waals surface area contributed by atoms with Gasteiger partial charge in [0.25, 0.3) is 0 Å². The summed E-state index contributed by atoms with van der Waals surface area (Å²) < 4.78 is 18.7. The van der Waals surface area contributed by atoms with Crippen molar-refractivity contribution in [2.24, 2.45) is 0 Å². The summed E-state index contributed by atoms with van der Waals surface area (Å²) in [5.74, 6) is -0.666. The van der Waals surface area contributed by atoms with E-state index < -0.39 is 11.8 Å². The van der Waals surface area contributed by atoms with Gasteiger partial charge in [0, 0.05) is 19.0 Å². The maximum atomic E-state index is 13.4. The lowest BCUT2D eigenvalue weighted by atomic mass is 10.3. The van der Waals surface area contributed by atoms with Crippen LogP contribution in [0.4, 0.5) is 10.2 Å². The van der Waals surface area contributed by atoms with Crippen LogP contribution in [-0.2, 0) is 6.42 Å². The highest BCUT2D eigenvalue weighted by atomic mass is 19.1. The molecule has 0 spiro atoms. The Morgan fingerprint density at radius 1 is 1.36 bits per heavy atom. The molecule has 6 nitrogen and oxygen atoms in total. The van der Waals surface area contributed by atoms with Crippen LogP contribution in [0.2, 0.25) is 0 Å². The van der Waals surface area contributed by atoms with E-state index in [-0.39, 0.29) is 24.5 Å². The molecule has 2 rings (SSSR count). The molecule has 0 saturated carbocycles. The van der Waals surface area contributed by atoms with Gasteiger partial charge in [-0.15, -0.1) is 0 Å². The van der Waals surface area contributed by atoms with Gasteiger partial charge in [0.05, 0.1) is 6.61 Å². The highest BCUT2D eigenvalue weighted by molar-refractivity contribution is 5.86. The molecule has 7 heteroatoms. The Bertz CT molecular complexity index is 664. The Labute approximate surface area is 127 Å². The van der Waals surface area contributed by atoms with Crippen molar-refractivity contribution >= 4 is 11.8 Å². The number of benzene rings is 1. The molecule has 0 saturated heterocycles. The normalized spacial score (nSPS) is 10.3. The fourth-order valence-electron chi connectivity index (χ4n) is 1.80. The van der Waals surface area contributed by atoms with Crippen molar-refractivity contribution < 1.29 is 19.0 Å². The predicted molar refractivity (Wildman–Crippen MR) is 78.8 cm³/mol. The van der Waals surface area contributed by atoms with Gasteiger partial charge in [-0.25, -0.2) is 19.2 Å². The zero-order valence-corrected chi connectivity index (χ0v) is 12.0. The average Bonchev–Trinajstić information content (AvgIpc) is 2.49. The van der Waals surface area contributed by atoms with E-state index in [1.54, 1.807) is 12.1 Å². The summed E-state index contributed by atoms with van der Waals surface area (Å²) in [5.41, 5.74) is -0.0909. The second kappa shape index (κ2) is 7.35. The van der Waals surface area contributed by atoms with Gasteiger partial charge in [0.1, 0.15) is 11.6 Å². The molecular weight excluding hydrogens is 289 g/mol. The van der Waals surface area contributed by atoms with Gasteiger partial charge in [-0.2, -0.15) is 0 Å². The second-order valence-corrected chi connectivity index (χ2v) is 4.42. The molecule has 0 atom stereocenters. The first-order valence-electron chi connectivity index (χ1n) is 6.82. The van der Waals surface area contributed by atoms with Gasteiger partial charge in [-0.3, -0.25) is 0 Å². The highest BCUT2D eigenvalue weighted by Crippen LogP contribution is 2.15. The van der Waals surface area contributed by atoms with Gasteiger partial charge >= 0.3 is 5.97 Å². The van der Waals surface area contributed by atoms with Crippen molar-refractivity contribution in [1.29, 1.82) is 0 Å². The summed E-state index contributed by atoms with van der Waals surface area (Å²) in [6.45, 7) is 2.64. The van der Waals surface area contributed by atoms with E-state index in [4.69, 9.17) is 9.84 Å². The van der Waals surface area contributed by atoms with Gasteiger partial charge in [-0.1, -0.05) is 12.1 Å². The van der Waals surface area contributed by atoms with E-state index in [1.165, 1.54) is 18.2 Å². The number of carboxylic acids is 1. The molecule has 2 aromatic rings. The molecule has 0 aliphatic heterocycles. The summed E-state index contributed by atoms with van der Waals surface area (Å²) in [4.78, 5) is 19.2. The summed E-state index contributed by atoms with van der Waals surface area (Å²) in [7, 11) is 0. The number of anilines is 1. The monoisotopic (exact) mass is 305 g/mol. The van der Waals surface area contributed by atoms with Crippen LogP contribution < -0.4 is 10.1 Å². The van der Waals surface area contributed by atoms with E-state index in [1.807, 2.05) is 6.92 Å². The molecule has 1 aromatic carbocycles. The number of nitrogens with one attached hydrogen (secondary N) is 1. The minimum Gasteiger partial charge on any atom is -0.490 e.